The summed E-state index contributed by atoms with van der Waals surface area (Å²) in [5.74, 6) is 2.55. The van der Waals surface area contributed by atoms with Crippen LogP contribution in [0.2, 0.25) is 0 Å². The van der Waals surface area contributed by atoms with Crippen molar-refractivity contribution in [2.45, 2.75) is 91.1 Å². The molecule has 1 heteroatoms. The monoisotopic (exact) mass is 354 g/mol. The van der Waals surface area contributed by atoms with Gasteiger partial charge in [0, 0.05) is 5.41 Å². The van der Waals surface area contributed by atoms with E-state index >= 15 is 0 Å². The highest BCUT2D eigenvalue weighted by Gasteiger charge is 2.64. The minimum absolute atomic E-state index is 0.0727. The predicted octanol–water partition coefficient (Wildman–Crippen LogP) is 6.43. The molecule has 0 spiro atoms. The Morgan fingerprint density at radius 1 is 0.731 bits per heavy atom. The molecule has 5 rings (SSSR count). The van der Waals surface area contributed by atoms with Gasteiger partial charge in [-0.2, -0.15) is 0 Å². The second-order valence-electron chi connectivity index (χ2n) is 12.0. The molecule has 144 valence electrons. The third-order valence-electron chi connectivity index (χ3n) is 8.06. The minimum Gasteiger partial charge on any atom is -0.384 e. The lowest BCUT2D eigenvalue weighted by atomic mass is 9.41. The van der Waals surface area contributed by atoms with Gasteiger partial charge in [-0.15, -0.1) is 0 Å². The van der Waals surface area contributed by atoms with E-state index in [1.807, 2.05) is 0 Å². The SMILES string of the molecule is CC(C)(C)c1ccc(C(O)(C(C)(C)C)C23CC4CC(CC(C4)C2)C3)cc1. The van der Waals surface area contributed by atoms with Gasteiger partial charge in [0.2, 0.25) is 0 Å². The highest BCUT2D eigenvalue weighted by molar-refractivity contribution is 5.35. The average Bonchev–Trinajstić information content (AvgIpc) is 2.51. The molecule has 1 aromatic rings. The molecule has 4 fully saturated rings. The summed E-state index contributed by atoms with van der Waals surface area (Å²) >= 11 is 0. The smallest absolute Gasteiger partial charge is 0.100 e. The molecule has 1 nitrogen and oxygen atoms in total. The van der Waals surface area contributed by atoms with Gasteiger partial charge in [0.05, 0.1) is 0 Å². The van der Waals surface area contributed by atoms with Gasteiger partial charge in [-0.05, 0) is 78.2 Å². The molecule has 0 radical (unpaired) electrons. The first-order chi connectivity index (χ1) is 11.9. The Kier molecular flexibility index (Phi) is 3.99. The molecule has 4 bridgehead atoms. The van der Waals surface area contributed by atoms with Crippen molar-refractivity contribution < 1.29 is 5.11 Å². The van der Waals surface area contributed by atoms with Crippen LogP contribution in [0.15, 0.2) is 24.3 Å². The summed E-state index contributed by atoms with van der Waals surface area (Å²) in [5, 5.41) is 12.5. The summed E-state index contributed by atoms with van der Waals surface area (Å²) in [6.45, 7) is 13.5. The van der Waals surface area contributed by atoms with Crippen LogP contribution >= 0.6 is 0 Å². The summed E-state index contributed by atoms with van der Waals surface area (Å²) in [5.41, 5.74) is 1.82. The van der Waals surface area contributed by atoms with Gasteiger partial charge in [0.1, 0.15) is 5.60 Å². The Balaban J connectivity index is 1.80. The molecular formula is C25H38O. The summed E-state index contributed by atoms with van der Waals surface area (Å²) in [6.07, 6.45) is 7.95. The molecule has 4 aliphatic carbocycles. The lowest BCUT2D eigenvalue weighted by Crippen LogP contribution is -2.61. The van der Waals surface area contributed by atoms with Gasteiger partial charge in [0.25, 0.3) is 0 Å². The highest BCUT2D eigenvalue weighted by Crippen LogP contribution is 2.69. The first kappa shape index (κ1) is 18.5. The molecule has 26 heavy (non-hydrogen) atoms. The fourth-order valence-corrected chi connectivity index (χ4v) is 7.30. The molecule has 0 aliphatic heterocycles. The van der Waals surface area contributed by atoms with Crippen LogP contribution in [0.1, 0.15) is 91.2 Å². The molecular weight excluding hydrogens is 316 g/mol. The van der Waals surface area contributed by atoms with E-state index in [0.717, 1.165) is 23.3 Å². The third-order valence-corrected chi connectivity index (χ3v) is 8.06. The van der Waals surface area contributed by atoms with Crippen molar-refractivity contribution in [3.63, 3.8) is 0 Å². The van der Waals surface area contributed by atoms with Crippen molar-refractivity contribution in [3.05, 3.63) is 35.4 Å². The van der Waals surface area contributed by atoms with Crippen LogP contribution in [0, 0.1) is 28.6 Å². The predicted molar refractivity (Wildman–Crippen MR) is 109 cm³/mol. The Labute approximate surface area is 160 Å². The summed E-state index contributed by atoms with van der Waals surface area (Å²) in [4.78, 5) is 0. The van der Waals surface area contributed by atoms with Crippen LogP contribution in [0.3, 0.4) is 0 Å². The lowest BCUT2D eigenvalue weighted by Gasteiger charge is -2.65. The molecule has 0 amide bonds. The molecule has 1 aromatic carbocycles. The molecule has 4 saturated carbocycles. The van der Waals surface area contributed by atoms with Crippen molar-refractivity contribution in [1.29, 1.82) is 0 Å². The van der Waals surface area contributed by atoms with Crippen LogP contribution in [-0.4, -0.2) is 5.11 Å². The van der Waals surface area contributed by atoms with Crippen molar-refractivity contribution in [3.8, 4) is 0 Å². The Morgan fingerprint density at radius 3 is 1.46 bits per heavy atom. The molecule has 0 aromatic heterocycles. The lowest BCUT2D eigenvalue weighted by molar-refractivity contribution is -0.229. The van der Waals surface area contributed by atoms with Crippen molar-refractivity contribution in [1.82, 2.24) is 0 Å². The first-order valence-corrected chi connectivity index (χ1v) is 10.8. The van der Waals surface area contributed by atoms with Crippen LogP contribution in [0.25, 0.3) is 0 Å². The Morgan fingerprint density at radius 2 is 1.12 bits per heavy atom. The molecule has 1 unspecified atom stereocenters. The summed E-state index contributed by atoms with van der Waals surface area (Å²) < 4.78 is 0. The summed E-state index contributed by atoms with van der Waals surface area (Å²) in [6, 6.07) is 8.99. The van der Waals surface area contributed by atoms with E-state index in [2.05, 4.69) is 65.8 Å². The van der Waals surface area contributed by atoms with E-state index in [4.69, 9.17) is 0 Å². The number of aliphatic hydroxyl groups is 1. The zero-order chi connectivity index (χ0) is 19.0. The standard InChI is InChI=1S/C25H38O/c1-22(2,3)20-7-9-21(10-8-20)25(26,23(4,5)6)24-14-17-11-18(15-24)13-19(12-17)16-24/h7-10,17-19,26H,11-16H2,1-6H3. The molecule has 4 aliphatic rings. The number of benzene rings is 1. The maximum absolute atomic E-state index is 12.5. The number of rotatable bonds is 2. The van der Waals surface area contributed by atoms with Gasteiger partial charge in [0.15, 0.2) is 0 Å². The average molecular weight is 355 g/mol. The fraction of sp³-hybridized carbons (Fsp3) is 0.760. The molecule has 0 saturated heterocycles. The molecule has 1 N–H and O–H groups in total. The Bertz CT molecular complexity index is 634. The highest BCUT2D eigenvalue weighted by atomic mass is 16.3. The topological polar surface area (TPSA) is 20.2 Å². The summed E-state index contributed by atoms with van der Waals surface area (Å²) in [7, 11) is 0. The van der Waals surface area contributed by atoms with E-state index in [0.29, 0.717) is 0 Å². The van der Waals surface area contributed by atoms with E-state index in [-0.39, 0.29) is 16.2 Å². The van der Waals surface area contributed by atoms with Crippen LogP contribution in [-0.2, 0) is 11.0 Å². The minimum atomic E-state index is -0.744. The fourth-order valence-electron chi connectivity index (χ4n) is 7.30. The number of hydrogen-bond donors (Lipinski definition) is 1. The van der Waals surface area contributed by atoms with E-state index in [9.17, 15) is 5.11 Å². The van der Waals surface area contributed by atoms with Gasteiger partial charge in [-0.1, -0.05) is 65.8 Å². The van der Waals surface area contributed by atoms with E-state index < -0.39 is 5.60 Å². The zero-order valence-electron chi connectivity index (χ0n) is 17.7. The maximum atomic E-state index is 12.5. The first-order valence-electron chi connectivity index (χ1n) is 10.8. The van der Waals surface area contributed by atoms with Gasteiger partial charge < -0.3 is 5.11 Å². The molecule has 0 heterocycles. The van der Waals surface area contributed by atoms with E-state index in [1.165, 1.54) is 44.1 Å². The van der Waals surface area contributed by atoms with Gasteiger partial charge in [-0.3, -0.25) is 0 Å². The van der Waals surface area contributed by atoms with Gasteiger partial charge >= 0.3 is 0 Å². The quantitative estimate of drug-likeness (QED) is 0.648. The van der Waals surface area contributed by atoms with Crippen molar-refractivity contribution >= 4 is 0 Å². The number of hydrogen-bond acceptors (Lipinski definition) is 1. The Hall–Kier alpha value is -0.820. The normalized spacial score (nSPS) is 36.2. The third kappa shape index (κ3) is 2.60. The van der Waals surface area contributed by atoms with Crippen molar-refractivity contribution in [2.24, 2.45) is 28.6 Å². The van der Waals surface area contributed by atoms with Gasteiger partial charge in [-0.25, -0.2) is 0 Å². The van der Waals surface area contributed by atoms with Crippen LogP contribution < -0.4 is 0 Å². The van der Waals surface area contributed by atoms with E-state index in [1.54, 1.807) is 0 Å². The zero-order valence-corrected chi connectivity index (χ0v) is 17.7. The van der Waals surface area contributed by atoms with Crippen molar-refractivity contribution in [2.75, 3.05) is 0 Å². The maximum Gasteiger partial charge on any atom is 0.100 e. The van der Waals surface area contributed by atoms with Crippen LogP contribution in [0.4, 0.5) is 0 Å². The molecule has 1 atom stereocenters. The largest absolute Gasteiger partial charge is 0.384 e. The second-order valence-corrected chi connectivity index (χ2v) is 12.0. The van der Waals surface area contributed by atoms with Crippen LogP contribution in [0.5, 0.6) is 0 Å². The second kappa shape index (κ2) is 5.60.